The van der Waals surface area contributed by atoms with Crippen molar-refractivity contribution in [1.82, 2.24) is 14.9 Å². The fourth-order valence-corrected chi connectivity index (χ4v) is 3.64. The minimum absolute atomic E-state index is 0.109. The van der Waals surface area contributed by atoms with Crippen LogP contribution in [0.1, 0.15) is 23.2 Å². The molecule has 0 atom stereocenters. The van der Waals surface area contributed by atoms with Crippen molar-refractivity contribution in [2.45, 2.75) is 25.9 Å². The second kappa shape index (κ2) is 10.3. The Balaban J connectivity index is 1.57. The van der Waals surface area contributed by atoms with Crippen LogP contribution in [0.25, 0.3) is 11.1 Å². The van der Waals surface area contributed by atoms with Gasteiger partial charge >= 0.3 is 0 Å². The molecule has 4 heteroatoms. The lowest BCUT2D eigenvalue weighted by atomic mass is 9.99. The van der Waals surface area contributed by atoms with Crippen molar-refractivity contribution in [3.8, 4) is 11.1 Å². The van der Waals surface area contributed by atoms with Crippen molar-refractivity contribution in [2.24, 2.45) is 0 Å². The molecular formula is C27H25N3O. The first-order chi connectivity index (χ1) is 15.3. The predicted molar refractivity (Wildman–Crippen MR) is 123 cm³/mol. The van der Waals surface area contributed by atoms with Crippen molar-refractivity contribution in [2.75, 3.05) is 0 Å². The first-order valence-electron chi connectivity index (χ1n) is 10.5. The van der Waals surface area contributed by atoms with E-state index in [1.807, 2.05) is 71.8 Å². The molecule has 4 nitrogen and oxygen atoms in total. The van der Waals surface area contributed by atoms with Gasteiger partial charge in [0.1, 0.15) is 0 Å². The van der Waals surface area contributed by atoms with Gasteiger partial charge in [0, 0.05) is 31.6 Å². The summed E-state index contributed by atoms with van der Waals surface area (Å²) < 4.78 is 0. The molecule has 31 heavy (non-hydrogen) atoms. The number of hydrogen-bond acceptors (Lipinski definition) is 3. The summed E-state index contributed by atoms with van der Waals surface area (Å²) in [5.41, 5.74) is 5.37. The molecule has 2 heterocycles. The lowest BCUT2D eigenvalue weighted by molar-refractivity contribution is -0.132. The molecule has 4 rings (SSSR count). The fourth-order valence-electron chi connectivity index (χ4n) is 3.64. The summed E-state index contributed by atoms with van der Waals surface area (Å²) in [5.74, 6) is 0.109. The highest BCUT2D eigenvalue weighted by atomic mass is 16.2. The summed E-state index contributed by atoms with van der Waals surface area (Å²) in [5, 5.41) is 0. The second-order valence-corrected chi connectivity index (χ2v) is 7.46. The minimum Gasteiger partial charge on any atom is -0.332 e. The quantitative estimate of drug-likeness (QED) is 0.398. The Morgan fingerprint density at radius 1 is 0.774 bits per heavy atom. The summed E-state index contributed by atoms with van der Waals surface area (Å²) in [6.45, 7) is 1.02. The Morgan fingerprint density at radius 3 is 2.35 bits per heavy atom. The van der Waals surface area contributed by atoms with Gasteiger partial charge in [-0.05, 0) is 46.9 Å². The van der Waals surface area contributed by atoms with Gasteiger partial charge in [0.25, 0.3) is 0 Å². The number of nitrogens with zero attached hydrogens (tertiary/aromatic N) is 3. The van der Waals surface area contributed by atoms with Gasteiger partial charge in [-0.2, -0.15) is 0 Å². The van der Waals surface area contributed by atoms with Crippen LogP contribution in [0.4, 0.5) is 0 Å². The Morgan fingerprint density at radius 2 is 1.58 bits per heavy atom. The molecular weight excluding hydrogens is 382 g/mol. The van der Waals surface area contributed by atoms with E-state index in [1.165, 1.54) is 0 Å². The molecule has 0 radical (unpaired) electrons. The van der Waals surface area contributed by atoms with Crippen LogP contribution in [0, 0.1) is 0 Å². The van der Waals surface area contributed by atoms with Crippen molar-refractivity contribution >= 4 is 5.91 Å². The average molecular weight is 408 g/mol. The van der Waals surface area contributed by atoms with E-state index in [2.05, 4.69) is 34.2 Å². The van der Waals surface area contributed by atoms with Crippen LogP contribution >= 0.6 is 0 Å². The Labute approximate surface area is 183 Å². The van der Waals surface area contributed by atoms with Gasteiger partial charge in [-0.1, -0.05) is 66.7 Å². The van der Waals surface area contributed by atoms with Crippen LogP contribution < -0.4 is 0 Å². The Kier molecular flexibility index (Phi) is 6.81. The number of carbonyl (C=O) groups is 1. The molecule has 0 N–H and O–H groups in total. The number of aryl methyl sites for hydroxylation is 1. The molecule has 0 aliphatic rings. The maximum absolute atomic E-state index is 13.3. The minimum atomic E-state index is 0.109. The molecule has 0 saturated heterocycles. The number of aromatic nitrogens is 2. The predicted octanol–water partition coefficient (Wildman–Crippen LogP) is 5.31. The summed E-state index contributed by atoms with van der Waals surface area (Å²) in [6.07, 6.45) is 6.45. The number of rotatable bonds is 8. The average Bonchev–Trinajstić information content (AvgIpc) is 2.84. The Bertz CT molecular complexity index is 1100. The van der Waals surface area contributed by atoms with Crippen LogP contribution in [0.3, 0.4) is 0 Å². The second-order valence-electron chi connectivity index (χ2n) is 7.46. The van der Waals surface area contributed by atoms with Gasteiger partial charge in [-0.25, -0.2) is 0 Å². The summed E-state index contributed by atoms with van der Waals surface area (Å²) >= 11 is 0. The highest BCUT2D eigenvalue weighted by molar-refractivity contribution is 5.77. The molecule has 154 valence electrons. The fraction of sp³-hybridized carbons (Fsp3) is 0.148. The van der Waals surface area contributed by atoms with Gasteiger partial charge in [0.05, 0.1) is 12.2 Å². The van der Waals surface area contributed by atoms with E-state index in [4.69, 9.17) is 0 Å². The van der Waals surface area contributed by atoms with Gasteiger partial charge in [-0.3, -0.25) is 14.8 Å². The van der Waals surface area contributed by atoms with Crippen molar-refractivity contribution < 1.29 is 4.79 Å². The Hall–Kier alpha value is -3.79. The molecule has 0 aliphatic heterocycles. The molecule has 0 unspecified atom stereocenters. The summed E-state index contributed by atoms with van der Waals surface area (Å²) in [4.78, 5) is 23.7. The number of amides is 1. The van der Waals surface area contributed by atoms with Gasteiger partial charge in [0.2, 0.25) is 5.91 Å². The van der Waals surface area contributed by atoms with E-state index in [0.29, 0.717) is 25.9 Å². The van der Waals surface area contributed by atoms with E-state index in [9.17, 15) is 4.79 Å². The molecule has 4 aromatic rings. The number of carbonyl (C=O) groups excluding carboxylic acids is 1. The molecule has 0 bridgehead atoms. The summed E-state index contributed by atoms with van der Waals surface area (Å²) in [6, 6.07) is 28.3. The van der Waals surface area contributed by atoms with Gasteiger partial charge in [0.15, 0.2) is 0 Å². The third kappa shape index (κ3) is 5.64. The summed E-state index contributed by atoms with van der Waals surface area (Å²) in [7, 11) is 0. The van der Waals surface area contributed by atoms with Gasteiger partial charge < -0.3 is 4.90 Å². The molecule has 2 aromatic carbocycles. The monoisotopic (exact) mass is 407 g/mol. The van der Waals surface area contributed by atoms with E-state index < -0.39 is 0 Å². The van der Waals surface area contributed by atoms with E-state index in [0.717, 1.165) is 27.9 Å². The van der Waals surface area contributed by atoms with E-state index in [1.54, 1.807) is 12.4 Å². The molecule has 0 aliphatic carbocycles. The first kappa shape index (κ1) is 20.5. The van der Waals surface area contributed by atoms with Crippen LogP contribution in [-0.4, -0.2) is 20.8 Å². The molecule has 1 amide bonds. The van der Waals surface area contributed by atoms with Crippen molar-refractivity contribution in [1.29, 1.82) is 0 Å². The zero-order valence-corrected chi connectivity index (χ0v) is 17.4. The highest BCUT2D eigenvalue weighted by Crippen LogP contribution is 2.25. The standard InChI is InChI=1S/C27H25N3O/c31-27(16-15-22-9-8-17-28-19-22)30(21-25-13-6-7-18-29-25)20-24-12-4-5-14-26(24)23-10-2-1-3-11-23/h1-14,17-19H,15-16,20-21H2. The lowest BCUT2D eigenvalue weighted by Gasteiger charge is -2.24. The highest BCUT2D eigenvalue weighted by Gasteiger charge is 2.17. The van der Waals surface area contributed by atoms with Crippen LogP contribution in [0.2, 0.25) is 0 Å². The number of benzene rings is 2. The molecule has 0 spiro atoms. The zero-order chi connectivity index (χ0) is 21.3. The lowest BCUT2D eigenvalue weighted by Crippen LogP contribution is -2.30. The van der Waals surface area contributed by atoms with Crippen molar-refractivity contribution in [3.63, 3.8) is 0 Å². The number of pyridine rings is 2. The largest absolute Gasteiger partial charge is 0.332 e. The van der Waals surface area contributed by atoms with Crippen LogP contribution in [0.5, 0.6) is 0 Å². The van der Waals surface area contributed by atoms with E-state index >= 15 is 0 Å². The zero-order valence-electron chi connectivity index (χ0n) is 17.4. The first-order valence-corrected chi connectivity index (χ1v) is 10.5. The normalized spacial score (nSPS) is 10.6. The maximum atomic E-state index is 13.3. The SMILES string of the molecule is O=C(CCc1cccnc1)N(Cc1ccccn1)Cc1ccccc1-c1ccccc1. The number of hydrogen-bond donors (Lipinski definition) is 0. The maximum Gasteiger partial charge on any atom is 0.223 e. The molecule has 0 fully saturated rings. The van der Waals surface area contributed by atoms with Crippen LogP contribution in [-0.2, 0) is 24.3 Å². The smallest absolute Gasteiger partial charge is 0.223 e. The van der Waals surface area contributed by atoms with Gasteiger partial charge in [-0.15, -0.1) is 0 Å². The third-order valence-electron chi connectivity index (χ3n) is 5.25. The van der Waals surface area contributed by atoms with Crippen LogP contribution in [0.15, 0.2) is 104 Å². The molecule has 0 saturated carbocycles. The third-order valence-corrected chi connectivity index (χ3v) is 5.25. The van der Waals surface area contributed by atoms with E-state index in [-0.39, 0.29) is 5.91 Å². The topological polar surface area (TPSA) is 46.1 Å². The molecule has 2 aromatic heterocycles. The van der Waals surface area contributed by atoms with Crippen molar-refractivity contribution in [3.05, 3.63) is 120 Å².